The topological polar surface area (TPSA) is 427 Å². The minimum absolute atomic E-state index is 0.557. The average Bonchev–Trinajstić information content (AvgIpc) is 3.34. The molecule has 4 rings (SSSR count). The van der Waals surface area contributed by atoms with E-state index in [2.05, 4.69) is 44.5 Å². The molecule has 1 unspecified atom stereocenters. The predicted molar refractivity (Wildman–Crippen MR) is 255 cm³/mol. The first-order chi connectivity index (χ1) is 35.5. The minimum Gasteiger partial charge on any atom is -0.394 e. The standard InChI is InChI=1S/C46H78N4O24S/c1-5-6-7-8-9-10-11-12-13-14-15-16-17-18-30(57)50-32-36(59)35(58)26(19-51)69-44(32)72-40-27(20-52)70-45(33(38(40)61)48-24(3)55)73-41-28(21-53)71-46(34(39(41)62)49-25(4)56)74-42-29(22-67-75(64,65)66)68-43(63)31(37(42)60)47-23(2)54/h10-11,17-18,26-29,31-46,51-53,58-63H,5-9,12-16,19-22H2,1-4H3,(H,47,54)(H,48,55)(H,49,56)(H,50,57)(H,64,65,66)/b11-10-,18-17+/t26-,27-,28-,29-,31-,32-,33-,34-,35-,36-,37-,38-,39-,40-,41-,42-,43?,44+,45+,46+/m1/s1. The van der Waals surface area contributed by atoms with E-state index in [0.29, 0.717) is 6.42 Å². The van der Waals surface area contributed by atoms with Crippen LogP contribution >= 0.6 is 0 Å². The van der Waals surface area contributed by atoms with Crippen molar-refractivity contribution in [2.24, 2.45) is 0 Å². The average molecular weight is 1100 g/mol. The number of hydrogen-bond acceptors (Lipinski definition) is 23. The van der Waals surface area contributed by atoms with E-state index in [-0.39, 0.29) is 0 Å². The van der Waals surface area contributed by atoms with E-state index in [4.69, 9.17) is 33.2 Å². The molecule has 0 saturated carbocycles. The Hall–Kier alpha value is -3.41. The lowest BCUT2D eigenvalue weighted by molar-refractivity contribution is -0.361. The number of rotatable bonds is 28. The lowest BCUT2D eigenvalue weighted by Crippen LogP contribution is -2.71. The Morgan fingerprint density at radius 2 is 0.907 bits per heavy atom. The van der Waals surface area contributed by atoms with Gasteiger partial charge in [-0.15, -0.1) is 0 Å². The lowest BCUT2D eigenvalue weighted by Gasteiger charge is -2.51. The van der Waals surface area contributed by atoms with E-state index in [9.17, 15) is 78.1 Å². The number of unbranched alkanes of at least 4 members (excludes halogenated alkanes) is 8. The van der Waals surface area contributed by atoms with Crippen LogP contribution in [0.5, 0.6) is 0 Å². The van der Waals surface area contributed by atoms with Crippen LogP contribution in [0.25, 0.3) is 0 Å². The summed E-state index contributed by atoms with van der Waals surface area (Å²) in [6.45, 7) is 1.35. The molecule has 75 heavy (non-hydrogen) atoms. The SMILES string of the molecule is CCCCCC/C=C\CCCCC/C=C/C(=O)N[C@H]1[C@H](O[C@H]2[C@H](O)[C@@H](NC(C)=O)[C@H](O[C@H]3[C@H](O)[C@@H](NC(C)=O)[C@H](O[C@H]4[C@H](O)[C@@H](NC(C)=O)C(O)O[C@@H]4COS(=O)(=O)O)O[C@@H]3CO)O[C@@H]2CO)O[C@H](CO)[C@@H](O)[C@@H]1O. The van der Waals surface area contributed by atoms with Crippen LogP contribution in [0.2, 0.25) is 0 Å². The molecule has 20 atom stereocenters. The van der Waals surface area contributed by atoms with Crippen molar-refractivity contribution in [3.05, 3.63) is 24.3 Å². The third-order valence-electron chi connectivity index (χ3n) is 12.9. The fourth-order valence-corrected chi connectivity index (χ4v) is 9.41. The summed E-state index contributed by atoms with van der Waals surface area (Å²) in [7, 11) is -5.15. The van der Waals surface area contributed by atoms with Gasteiger partial charge >= 0.3 is 10.4 Å². The number of hydrogen-bond donors (Lipinski definition) is 14. The quantitative estimate of drug-likeness (QED) is 0.0152. The molecule has 4 aliphatic heterocycles. The largest absolute Gasteiger partial charge is 0.397 e. The second-order valence-electron chi connectivity index (χ2n) is 18.8. The molecule has 4 fully saturated rings. The zero-order valence-corrected chi connectivity index (χ0v) is 43.2. The molecule has 14 N–H and O–H groups in total. The molecule has 4 aliphatic rings. The van der Waals surface area contributed by atoms with Crippen molar-refractivity contribution in [1.82, 2.24) is 21.3 Å². The van der Waals surface area contributed by atoms with Crippen molar-refractivity contribution < 1.29 is 115 Å². The lowest BCUT2D eigenvalue weighted by atomic mass is 9.93. The van der Waals surface area contributed by atoms with E-state index >= 15 is 0 Å². The number of allylic oxidation sites excluding steroid dienone is 3. The van der Waals surface area contributed by atoms with Gasteiger partial charge in [-0.25, -0.2) is 4.18 Å². The molecule has 0 radical (unpaired) electrons. The number of carbonyl (C=O) groups excluding carboxylic acids is 4. The van der Waals surface area contributed by atoms with Gasteiger partial charge in [0.05, 0.1) is 26.4 Å². The van der Waals surface area contributed by atoms with Gasteiger partial charge in [0.25, 0.3) is 0 Å². The molecule has 29 heteroatoms. The van der Waals surface area contributed by atoms with Crippen molar-refractivity contribution in [3.8, 4) is 0 Å². The Bertz CT molecular complexity index is 1960. The normalized spacial score (nSPS) is 36.6. The van der Waals surface area contributed by atoms with Gasteiger partial charge in [0.1, 0.15) is 97.4 Å². The van der Waals surface area contributed by atoms with Crippen LogP contribution in [0.3, 0.4) is 0 Å². The molecule has 0 aromatic carbocycles. The van der Waals surface area contributed by atoms with Crippen molar-refractivity contribution in [3.63, 3.8) is 0 Å². The Morgan fingerprint density at radius 3 is 1.35 bits per heavy atom. The highest BCUT2D eigenvalue weighted by Crippen LogP contribution is 2.35. The van der Waals surface area contributed by atoms with Gasteiger partial charge in [-0.05, 0) is 44.6 Å². The molecule has 4 amide bonds. The molecule has 4 saturated heterocycles. The third kappa shape index (κ3) is 19.2. The number of nitrogens with one attached hydrogen (secondary N) is 4. The van der Waals surface area contributed by atoms with E-state index in [0.717, 1.165) is 52.9 Å². The third-order valence-corrected chi connectivity index (χ3v) is 13.3. The number of carbonyl (C=O) groups is 4. The zero-order valence-electron chi connectivity index (χ0n) is 42.4. The van der Waals surface area contributed by atoms with Crippen LogP contribution < -0.4 is 21.3 Å². The minimum atomic E-state index is -5.15. The molecular formula is C46H78N4O24S. The van der Waals surface area contributed by atoms with Crippen LogP contribution in [-0.2, 0) is 66.9 Å². The Balaban J connectivity index is 1.52. The van der Waals surface area contributed by atoms with Crippen molar-refractivity contribution in [2.75, 3.05) is 26.4 Å². The van der Waals surface area contributed by atoms with Gasteiger partial charge < -0.3 is 100 Å². The van der Waals surface area contributed by atoms with Crippen LogP contribution in [0.4, 0.5) is 0 Å². The van der Waals surface area contributed by atoms with Gasteiger partial charge in [0.15, 0.2) is 25.2 Å². The van der Waals surface area contributed by atoms with Crippen molar-refractivity contribution >= 4 is 34.0 Å². The van der Waals surface area contributed by atoms with Crippen LogP contribution in [0.15, 0.2) is 24.3 Å². The molecular weight excluding hydrogens is 1020 g/mol. The highest BCUT2D eigenvalue weighted by Gasteiger charge is 2.56. The first-order valence-corrected chi connectivity index (χ1v) is 26.5. The molecule has 0 bridgehead atoms. The highest BCUT2D eigenvalue weighted by atomic mass is 32.3. The number of aliphatic hydroxyl groups excluding tert-OH is 9. The highest BCUT2D eigenvalue weighted by molar-refractivity contribution is 7.80. The maximum absolute atomic E-state index is 13.2. The summed E-state index contributed by atoms with van der Waals surface area (Å²) in [4.78, 5) is 50.4. The fraction of sp³-hybridized carbons (Fsp3) is 0.826. The summed E-state index contributed by atoms with van der Waals surface area (Å²) in [6.07, 6.45) is -11.8. The van der Waals surface area contributed by atoms with E-state index < -0.39 is 183 Å². The smallest absolute Gasteiger partial charge is 0.394 e. The first-order valence-electron chi connectivity index (χ1n) is 25.1. The Morgan fingerprint density at radius 1 is 0.507 bits per heavy atom. The number of amides is 4. The van der Waals surface area contributed by atoms with E-state index in [1.54, 1.807) is 6.08 Å². The Labute approximate surface area is 434 Å². The maximum atomic E-state index is 13.2. The molecule has 0 aromatic rings. The predicted octanol–water partition coefficient (Wildman–Crippen LogP) is -4.33. The zero-order chi connectivity index (χ0) is 55.6. The van der Waals surface area contributed by atoms with E-state index in [1.165, 1.54) is 31.8 Å². The molecule has 28 nitrogen and oxygen atoms in total. The summed E-state index contributed by atoms with van der Waals surface area (Å²) in [6, 6.07) is -6.65. The monoisotopic (exact) mass is 1100 g/mol. The summed E-state index contributed by atoms with van der Waals surface area (Å²) >= 11 is 0. The maximum Gasteiger partial charge on any atom is 0.397 e. The second-order valence-corrected chi connectivity index (χ2v) is 19.9. The number of aliphatic hydroxyl groups is 9. The molecule has 0 aliphatic carbocycles. The van der Waals surface area contributed by atoms with Gasteiger partial charge in [-0.1, -0.05) is 50.8 Å². The van der Waals surface area contributed by atoms with Gasteiger partial charge in [0, 0.05) is 20.8 Å². The van der Waals surface area contributed by atoms with Crippen molar-refractivity contribution in [1.29, 1.82) is 0 Å². The summed E-state index contributed by atoms with van der Waals surface area (Å²) in [5.74, 6) is -3.11. The number of ether oxygens (including phenoxy) is 7. The van der Waals surface area contributed by atoms with Gasteiger partial charge in [0.2, 0.25) is 23.6 Å². The first kappa shape index (κ1) is 64.1. The summed E-state index contributed by atoms with van der Waals surface area (Å²) in [5, 5.41) is 108. The summed E-state index contributed by atoms with van der Waals surface area (Å²) < 4.78 is 77.8. The van der Waals surface area contributed by atoms with Gasteiger partial charge in [-0.2, -0.15) is 8.42 Å². The molecule has 0 spiro atoms. The van der Waals surface area contributed by atoms with E-state index in [1.807, 2.05) is 0 Å². The van der Waals surface area contributed by atoms with Crippen LogP contribution in [0.1, 0.15) is 91.9 Å². The van der Waals surface area contributed by atoms with Gasteiger partial charge in [-0.3, -0.25) is 23.7 Å². The van der Waals surface area contributed by atoms with Crippen LogP contribution in [-0.4, -0.2) is 232 Å². The molecule has 0 aromatic heterocycles. The second kappa shape index (κ2) is 31.3. The Kier molecular flexibility index (Phi) is 26.7. The molecule has 4 heterocycles. The molecule has 432 valence electrons. The fourth-order valence-electron chi connectivity index (χ4n) is 9.10. The van der Waals surface area contributed by atoms with Crippen molar-refractivity contribution in [2.45, 2.75) is 214 Å². The van der Waals surface area contributed by atoms with Crippen LogP contribution in [0, 0.1) is 0 Å². The summed E-state index contributed by atoms with van der Waals surface area (Å²) in [5.41, 5.74) is 0.